The maximum Gasteiger partial charge on any atom is 0.338 e. The summed E-state index contributed by atoms with van der Waals surface area (Å²) >= 11 is 1.47. The van der Waals surface area contributed by atoms with Gasteiger partial charge in [0.25, 0.3) is 5.91 Å². The van der Waals surface area contributed by atoms with E-state index in [-0.39, 0.29) is 12.0 Å². The Morgan fingerprint density at radius 2 is 2.14 bits per heavy atom. The van der Waals surface area contributed by atoms with Crippen LogP contribution in [0.25, 0.3) is 0 Å². The van der Waals surface area contributed by atoms with Gasteiger partial charge < -0.3 is 14.8 Å². The van der Waals surface area contributed by atoms with Gasteiger partial charge in [0.15, 0.2) is 0 Å². The molecule has 118 valence electrons. The summed E-state index contributed by atoms with van der Waals surface area (Å²) in [6.07, 6.45) is -0.186. The van der Waals surface area contributed by atoms with Crippen molar-refractivity contribution in [1.29, 1.82) is 0 Å². The van der Waals surface area contributed by atoms with Gasteiger partial charge in [-0.2, -0.15) is 0 Å². The summed E-state index contributed by atoms with van der Waals surface area (Å²) < 4.78 is 10.5. The molecule has 1 aliphatic rings. The Morgan fingerprint density at radius 3 is 2.82 bits per heavy atom. The summed E-state index contributed by atoms with van der Waals surface area (Å²) in [7, 11) is 0. The zero-order valence-electron chi connectivity index (χ0n) is 12.8. The predicted molar refractivity (Wildman–Crippen MR) is 86.7 cm³/mol. The first-order valence-electron chi connectivity index (χ1n) is 7.06. The quantitative estimate of drug-likeness (QED) is 0.863. The number of amides is 1. The summed E-state index contributed by atoms with van der Waals surface area (Å²) in [5.41, 5.74) is 0.958. The van der Waals surface area contributed by atoms with Crippen molar-refractivity contribution in [2.45, 2.75) is 26.9 Å². The highest BCUT2D eigenvalue weighted by atomic mass is 32.2. The van der Waals surface area contributed by atoms with Gasteiger partial charge in [-0.25, -0.2) is 4.79 Å². The summed E-state index contributed by atoms with van der Waals surface area (Å²) in [6, 6.07) is 6.70. The first-order valence-corrected chi connectivity index (χ1v) is 8.05. The van der Waals surface area contributed by atoms with Gasteiger partial charge in [0.2, 0.25) is 0 Å². The molecule has 6 heteroatoms. The number of benzene rings is 1. The summed E-state index contributed by atoms with van der Waals surface area (Å²) in [5.74, 6) is 0.749. The molecule has 5 nitrogen and oxygen atoms in total. The fourth-order valence-electron chi connectivity index (χ4n) is 1.92. The van der Waals surface area contributed by atoms with Crippen LogP contribution in [0, 0.1) is 0 Å². The molecule has 1 N–H and O–H groups in total. The van der Waals surface area contributed by atoms with Crippen LogP contribution >= 0.6 is 11.8 Å². The molecule has 1 aliphatic heterocycles. The second-order valence-electron chi connectivity index (χ2n) is 5.07. The van der Waals surface area contributed by atoms with E-state index in [0.29, 0.717) is 28.5 Å². The Kier molecular flexibility index (Phi) is 5.49. The summed E-state index contributed by atoms with van der Waals surface area (Å²) in [6.45, 7) is 5.97. The molecule has 0 radical (unpaired) electrons. The lowest BCUT2D eigenvalue weighted by atomic mass is 10.2. The summed E-state index contributed by atoms with van der Waals surface area (Å²) in [4.78, 5) is 24.7. The SMILES string of the molecule is CC1=C(C(=O)Nc2cccc(C(=O)OC(C)C)c2)SCCO1. The number of esters is 1. The van der Waals surface area contributed by atoms with Crippen molar-refractivity contribution in [1.82, 2.24) is 0 Å². The largest absolute Gasteiger partial charge is 0.496 e. The Bertz CT molecular complexity index is 610. The number of allylic oxidation sites excluding steroid dienone is 1. The number of thioether (sulfide) groups is 1. The topological polar surface area (TPSA) is 64.6 Å². The number of ether oxygens (including phenoxy) is 2. The van der Waals surface area contributed by atoms with Gasteiger partial charge in [0, 0.05) is 11.4 Å². The van der Waals surface area contributed by atoms with E-state index in [0.717, 1.165) is 5.75 Å². The molecule has 0 spiro atoms. The van der Waals surface area contributed by atoms with E-state index in [1.807, 2.05) is 0 Å². The second kappa shape index (κ2) is 7.35. The molecule has 2 rings (SSSR count). The lowest BCUT2D eigenvalue weighted by Gasteiger charge is -2.18. The van der Waals surface area contributed by atoms with Crippen molar-refractivity contribution in [3.05, 3.63) is 40.5 Å². The molecule has 0 aliphatic carbocycles. The number of hydrogen-bond donors (Lipinski definition) is 1. The van der Waals surface area contributed by atoms with Crippen LogP contribution in [0.2, 0.25) is 0 Å². The van der Waals surface area contributed by atoms with E-state index < -0.39 is 5.97 Å². The average molecular weight is 321 g/mol. The van der Waals surface area contributed by atoms with E-state index in [9.17, 15) is 9.59 Å². The molecule has 1 heterocycles. The van der Waals surface area contributed by atoms with Crippen LogP contribution in [0.4, 0.5) is 5.69 Å². The molecule has 0 unspecified atom stereocenters. The van der Waals surface area contributed by atoms with Gasteiger partial charge >= 0.3 is 5.97 Å². The highest BCUT2D eigenvalue weighted by Crippen LogP contribution is 2.26. The minimum absolute atomic E-state index is 0.186. The highest BCUT2D eigenvalue weighted by Gasteiger charge is 2.19. The Morgan fingerprint density at radius 1 is 1.36 bits per heavy atom. The molecule has 0 saturated carbocycles. The first kappa shape index (κ1) is 16.4. The number of rotatable bonds is 4. The zero-order chi connectivity index (χ0) is 16.1. The van der Waals surface area contributed by atoms with Crippen LogP contribution in [0.3, 0.4) is 0 Å². The van der Waals surface area contributed by atoms with Crippen LogP contribution in [0.15, 0.2) is 34.9 Å². The van der Waals surface area contributed by atoms with Gasteiger partial charge in [-0.3, -0.25) is 4.79 Å². The number of anilines is 1. The number of carbonyl (C=O) groups is 2. The van der Waals surface area contributed by atoms with E-state index >= 15 is 0 Å². The van der Waals surface area contributed by atoms with E-state index in [1.165, 1.54) is 11.8 Å². The molecule has 1 amide bonds. The minimum atomic E-state index is -0.406. The van der Waals surface area contributed by atoms with Crippen LogP contribution < -0.4 is 5.32 Å². The molecule has 0 aromatic heterocycles. The van der Waals surface area contributed by atoms with Gasteiger partial charge in [-0.05, 0) is 39.0 Å². The lowest BCUT2D eigenvalue weighted by Crippen LogP contribution is -2.18. The van der Waals surface area contributed by atoms with Crippen molar-refractivity contribution in [3.63, 3.8) is 0 Å². The van der Waals surface area contributed by atoms with Gasteiger partial charge in [0.05, 0.1) is 18.3 Å². The molecule has 1 aromatic rings. The third kappa shape index (κ3) is 4.27. The van der Waals surface area contributed by atoms with Crippen molar-refractivity contribution in [2.24, 2.45) is 0 Å². The van der Waals surface area contributed by atoms with Crippen LogP contribution in [-0.4, -0.2) is 30.3 Å². The lowest BCUT2D eigenvalue weighted by molar-refractivity contribution is -0.112. The standard InChI is InChI=1S/C16H19NO4S/c1-10(2)21-16(19)12-5-4-6-13(9-12)17-15(18)14-11(3)20-7-8-22-14/h4-6,9-10H,7-8H2,1-3H3,(H,17,18). The smallest absolute Gasteiger partial charge is 0.338 e. The molecule has 0 atom stereocenters. The maximum absolute atomic E-state index is 12.3. The van der Waals surface area contributed by atoms with Crippen molar-refractivity contribution in [2.75, 3.05) is 17.7 Å². The monoisotopic (exact) mass is 321 g/mol. The van der Waals surface area contributed by atoms with Crippen LogP contribution in [0.1, 0.15) is 31.1 Å². The molecule has 0 fully saturated rings. The van der Waals surface area contributed by atoms with Gasteiger partial charge in [-0.15, -0.1) is 11.8 Å². The van der Waals surface area contributed by atoms with Crippen LogP contribution in [0.5, 0.6) is 0 Å². The molecule has 0 bridgehead atoms. The molecule has 1 aromatic carbocycles. The minimum Gasteiger partial charge on any atom is -0.496 e. The van der Waals surface area contributed by atoms with Crippen molar-refractivity contribution >= 4 is 29.3 Å². The number of nitrogens with one attached hydrogen (secondary N) is 1. The fraction of sp³-hybridized carbons (Fsp3) is 0.375. The normalized spacial score (nSPS) is 14.5. The number of carbonyl (C=O) groups excluding carboxylic acids is 2. The average Bonchev–Trinajstić information content (AvgIpc) is 2.47. The van der Waals surface area contributed by atoms with Crippen LogP contribution in [-0.2, 0) is 14.3 Å². The fourth-order valence-corrected chi connectivity index (χ4v) is 2.74. The molecular formula is C16H19NO4S. The Hall–Kier alpha value is -1.95. The van der Waals surface area contributed by atoms with Gasteiger partial charge in [-0.1, -0.05) is 6.07 Å². The number of hydrogen-bond acceptors (Lipinski definition) is 5. The first-order chi connectivity index (χ1) is 10.5. The zero-order valence-corrected chi connectivity index (χ0v) is 13.7. The molecule has 0 saturated heterocycles. The predicted octanol–water partition coefficient (Wildman–Crippen LogP) is 3.19. The van der Waals surface area contributed by atoms with Crippen molar-refractivity contribution in [3.8, 4) is 0 Å². The molecule has 22 heavy (non-hydrogen) atoms. The van der Waals surface area contributed by atoms with E-state index in [1.54, 1.807) is 45.0 Å². The maximum atomic E-state index is 12.3. The molecular weight excluding hydrogens is 302 g/mol. The third-order valence-corrected chi connectivity index (χ3v) is 4.01. The van der Waals surface area contributed by atoms with Crippen molar-refractivity contribution < 1.29 is 19.1 Å². The summed E-state index contributed by atoms with van der Waals surface area (Å²) in [5, 5.41) is 2.79. The van der Waals surface area contributed by atoms with E-state index in [4.69, 9.17) is 9.47 Å². The third-order valence-electron chi connectivity index (χ3n) is 2.87. The van der Waals surface area contributed by atoms with E-state index in [2.05, 4.69) is 5.32 Å². The van der Waals surface area contributed by atoms with Gasteiger partial charge in [0.1, 0.15) is 10.7 Å². The second-order valence-corrected chi connectivity index (χ2v) is 6.18. The Balaban J connectivity index is 2.10. The highest BCUT2D eigenvalue weighted by molar-refractivity contribution is 8.04. The Labute approximate surface area is 134 Å².